The zero-order chi connectivity index (χ0) is 19.0. The van der Waals surface area contributed by atoms with Crippen LogP contribution in [-0.2, 0) is 17.9 Å². The second kappa shape index (κ2) is 6.96. The van der Waals surface area contributed by atoms with Gasteiger partial charge in [-0.15, -0.1) is 0 Å². The van der Waals surface area contributed by atoms with Crippen LogP contribution in [0.25, 0.3) is 27.8 Å². The maximum atomic E-state index is 6.19. The minimum Gasteiger partial charge on any atom is -0.382 e. The minimum atomic E-state index is 0.407. The summed E-state index contributed by atoms with van der Waals surface area (Å²) in [6.07, 6.45) is 7.17. The largest absolute Gasteiger partial charge is 0.382 e. The van der Waals surface area contributed by atoms with E-state index < -0.39 is 0 Å². The van der Waals surface area contributed by atoms with E-state index in [9.17, 15) is 0 Å². The van der Waals surface area contributed by atoms with Crippen LogP contribution in [-0.4, -0.2) is 35.7 Å². The molecule has 4 heterocycles. The molecule has 27 heavy (non-hydrogen) atoms. The summed E-state index contributed by atoms with van der Waals surface area (Å²) in [6, 6.07) is 1.99. The van der Waals surface area contributed by atoms with Crippen molar-refractivity contribution in [2.45, 2.75) is 33.9 Å². The van der Waals surface area contributed by atoms with Crippen molar-refractivity contribution in [2.75, 3.05) is 12.3 Å². The molecule has 0 aliphatic rings. The number of hydrogen-bond donors (Lipinski definition) is 1. The molecule has 0 radical (unpaired) electrons. The summed E-state index contributed by atoms with van der Waals surface area (Å²) in [4.78, 5) is 18.1. The number of nitrogen functional groups attached to an aromatic ring is 1. The SMILES string of the molecule is CCOCc1nc2c(cc1-n1ccnc1)nc(N)c1ncn(CC(C)C)c12. The summed E-state index contributed by atoms with van der Waals surface area (Å²) in [5, 5.41) is 0. The van der Waals surface area contributed by atoms with E-state index in [1.54, 1.807) is 12.5 Å². The monoisotopic (exact) mass is 365 g/mol. The number of ether oxygens (including phenoxy) is 1. The van der Waals surface area contributed by atoms with Crippen LogP contribution >= 0.6 is 0 Å². The Kier molecular flexibility index (Phi) is 4.49. The van der Waals surface area contributed by atoms with Crippen LogP contribution < -0.4 is 5.73 Å². The summed E-state index contributed by atoms with van der Waals surface area (Å²) in [5.41, 5.74) is 11.0. The van der Waals surface area contributed by atoms with Crippen LogP contribution in [0.4, 0.5) is 5.82 Å². The third-order valence-corrected chi connectivity index (χ3v) is 4.39. The van der Waals surface area contributed by atoms with Crippen molar-refractivity contribution in [3.63, 3.8) is 0 Å². The Balaban J connectivity index is 2.01. The summed E-state index contributed by atoms with van der Waals surface area (Å²) in [5.74, 6) is 0.885. The standard InChI is InChI=1S/C19H23N7O/c1-4-27-9-14-15(25-6-5-21-10-25)7-13-16(23-14)18-17(19(20)24-13)22-11-26(18)8-12(2)3/h5-7,10-12H,4,8-9H2,1-3H3,(H2,20,24). The van der Waals surface area contributed by atoms with Crippen LogP contribution in [0.2, 0.25) is 0 Å². The molecule has 0 aliphatic carbocycles. The molecule has 4 aromatic heterocycles. The molecule has 0 aromatic carbocycles. The molecular formula is C19H23N7O. The maximum absolute atomic E-state index is 6.19. The van der Waals surface area contributed by atoms with Gasteiger partial charge in [-0.3, -0.25) is 0 Å². The van der Waals surface area contributed by atoms with Gasteiger partial charge in [0.25, 0.3) is 0 Å². The topological polar surface area (TPSA) is 96.7 Å². The Labute approximate surface area is 157 Å². The Morgan fingerprint density at radius 1 is 1.19 bits per heavy atom. The molecular weight excluding hydrogens is 342 g/mol. The molecule has 2 N–H and O–H groups in total. The van der Waals surface area contributed by atoms with E-state index >= 15 is 0 Å². The van der Waals surface area contributed by atoms with E-state index in [0.29, 0.717) is 30.5 Å². The zero-order valence-corrected chi connectivity index (χ0v) is 15.8. The van der Waals surface area contributed by atoms with Crippen molar-refractivity contribution < 1.29 is 4.74 Å². The molecule has 0 spiro atoms. The lowest BCUT2D eigenvalue weighted by Crippen LogP contribution is -2.07. The minimum absolute atomic E-state index is 0.407. The molecule has 0 saturated carbocycles. The first-order valence-electron chi connectivity index (χ1n) is 9.08. The molecule has 8 heteroatoms. The van der Waals surface area contributed by atoms with Gasteiger partial charge in [0.2, 0.25) is 0 Å². The zero-order valence-electron chi connectivity index (χ0n) is 15.8. The lowest BCUT2D eigenvalue weighted by atomic mass is 10.2. The van der Waals surface area contributed by atoms with Gasteiger partial charge >= 0.3 is 0 Å². The van der Waals surface area contributed by atoms with E-state index in [4.69, 9.17) is 15.5 Å². The number of aromatic nitrogens is 6. The number of anilines is 1. The third-order valence-electron chi connectivity index (χ3n) is 4.39. The van der Waals surface area contributed by atoms with Crippen LogP contribution in [0.15, 0.2) is 31.1 Å². The summed E-state index contributed by atoms with van der Waals surface area (Å²) in [7, 11) is 0. The van der Waals surface area contributed by atoms with E-state index in [1.807, 2.05) is 30.1 Å². The summed E-state index contributed by atoms with van der Waals surface area (Å²) < 4.78 is 9.67. The quantitative estimate of drug-likeness (QED) is 0.564. The van der Waals surface area contributed by atoms with Gasteiger partial charge in [-0.05, 0) is 18.9 Å². The highest BCUT2D eigenvalue weighted by molar-refractivity contribution is 6.04. The average molecular weight is 365 g/mol. The fourth-order valence-corrected chi connectivity index (χ4v) is 3.25. The van der Waals surface area contributed by atoms with Crippen molar-refractivity contribution >= 4 is 27.9 Å². The maximum Gasteiger partial charge on any atom is 0.152 e. The lowest BCUT2D eigenvalue weighted by Gasteiger charge is -2.13. The van der Waals surface area contributed by atoms with Crippen LogP contribution in [0, 0.1) is 5.92 Å². The van der Waals surface area contributed by atoms with Gasteiger partial charge in [0.1, 0.15) is 16.6 Å². The molecule has 8 nitrogen and oxygen atoms in total. The van der Waals surface area contributed by atoms with Gasteiger partial charge in [-0.2, -0.15) is 0 Å². The molecule has 0 fully saturated rings. The Bertz CT molecular complexity index is 1080. The number of pyridine rings is 2. The van der Waals surface area contributed by atoms with E-state index in [1.165, 1.54) is 0 Å². The first-order chi connectivity index (χ1) is 13.1. The Morgan fingerprint density at radius 3 is 2.74 bits per heavy atom. The number of nitrogens with zero attached hydrogens (tertiary/aromatic N) is 6. The van der Waals surface area contributed by atoms with E-state index in [0.717, 1.165) is 34.5 Å². The predicted octanol–water partition coefficient (Wildman–Crippen LogP) is 2.94. The van der Waals surface area contributed by atoms with Crippen molar-refractivity contribution in [2.24, 2.45) is 5.92 Å². The number of fused-ring (bicyclic) bond motifs is 3. The molecule has 0 atom stereocenters. The highest BCUT2D eigenvalue weighted by Crippen LogP contribution is 2.29. The van der Waals surface area contributed by atoms with Crippen molar-refractivity contribution in [3.05, 3.63) is 36.8 Å². The predicted molar refractivity (Wildman–Crippen MR) is 105 cm³/mol. The molecule has 0 unspecified atom stereocenters. The molecule has 0 saturated heterocycles. The van der Waals surface area contributed by atoms with Gasteiger partial charge < -0.3 is 19.6 Å². The van der Waals surface area contributed by atoms with Crippen LogP contribution in [0.5, 0.6) is 0 Å². The van der Waals surface area contributed by atoms with E-state index in [2.05, 4.69) is 33.4 Å². The number of hydrogen-bond acceptors (Lipinski definition) is 6. The molecule has 4 aromatic rings. The van der Waals surface area contributed by atoms with Gasteiger partial charge in [0.15, 0.2) is 5.82 Å². The number of rotatable bonds is 6. The van der Waals surface area contributed by atoms with Gasteiger partial charge in [0, 0.05) is 25.5 Å². The second-order valence-corrected chi connectivity index (χ2v) is 6.91. The van der Waals surface area contributed by atoms with Gasteiger partial charge in [-0.1, -0.05) is 13.8 Å². The molecule has 140 valence electrons. The molecule has 4 rings (SSSR count). The van der Waals surface area contributed by atoms with Crippen molar-refractivity contribution in [1.82, 2.24) is 29.1 Å². The fourth-order valence-electron chi connectivity index (χ4n) is 3.25. The molecule has 0 aliphatic heterocycles. The summed E-state index contributed by atoms with van der Waals surface area (Å²) >= 11 is 0. The Morgan fingerprint density at radius 2 is 2.04 bits per heavy atom. The molecule has 0 amide bonds. The highest BCUT2D eigenvalue weighted by Gasteiger charge is 2.17. The Hall–Kier alpha value is -3.00. The van der Waals surface area contributed by atoms with Gasteiger partial charge in [0.05, 0.1) is 36.2 Å². The van der Waals surface area contributed by atoms with E-state index in [-0.39, 0.29) is 0 Å². The third kappa shape index (κ3) is 3.12. The van der Waals surface area contributed by atoms with Crippen molar-refractivity contribution in [3.8, 4) is 5.69 Å². The van der Waals surface area contributed by atoms with Crippen LogP contribution in [0.3, 0.4) is 0 Å². The first-order valence-corrected chi connectivity index (χ1v) is 9.08. The highest BCUT2D eigenvalue weighted by atomic mass is 16.5. The lowest BCUT2D eigenvalue weighted by molar-refractivity contribution is 0.131. The molecule has 0 bridgehead atoms. The fraction of sp³-hybridized carbons (Fsp3) is 0.368. The van der Waals surface area contributed by atoms with Crippen molar-refractivity contribution in [1.29, 1.82) is 0 Å². The normalized spacial score (nSPS) is 11.9. The second-order valence-electron chi connectivity index (χ2n) is 6.91. The van der Waals surface area contributed by atoms with Gasteiger partial charge in [-0.25, -0.2) is 19.9 Å². The first kappa shape index (κ1) is 17.4. The number of nitrogens with two attached hydrogens (primary N) is 1. The summed E-state index contributed by atoms with van der Waals surface area (Å²) in [6.45, 7) is 8.16. The van der Waals surface area contributed by atoms with Crippen LogP contribution in [0.1, 0.15) is 26.5 Å². The number of imidazole rings is 2. The average Bonchev–Trinajstić information content (AvgIpc) is 3.30. The smallest absolute Gasteiger partial charge is 0.152 e.